The first-order valence-electron chi connectivity index (χ1n) is 7.99. The average Bonchev–Trinajstić information content (AvgIpc) is 3.31. The topological polar surface area (TPSA) is 74.7 Å². The quantitative estimate of drug-likeness (QED) is 0.777. The highest BCUT2D eigenvalue weighted by atomic mass is 32.2. The van der Waals surface area contributed by atoms with E-state index in [1.807, 2.05) is 23.5 Å². The molecule has 0 spiro atoms. The molecule has 0 bridgehead atoms. The fourth-order valence-corrected chi connectivity index (χ4v) is 4.15. The third kappa shape index (κ3) is 6.26. The maximum Gasteiger partial charge on any atom is 0.290 e. The molecule has 0 radical (unpaired) electrons. The van der Waals surface area contributed by atoms with E-state index in [0.717, 1.165) is 13.1 Å². The smallest absolute Gasteiger partial charge is 0.290 e. The van der Waals surface area contributed by atoms with E-state index in [1.54, 1.807) is 12.1 Å². The fourth-order valence-electron chi connectivity index (χ4n) is 2.60. The number of benzene rings is 1. The van der Waals surface area contributed by atoms with Crippen LogP contribution in [0.15, 0.2) is 41.3 Å². The van der Waals surface area contributed by atoms with Gasteiger partial charge in [-0.25, -0.2) is 8.42 Å². The van der Waals surface area contributed by atoms with Crippen molar-refractivity contribution in [3.05, 3.63) is 51.7 Å². The molecule has 1 aromatic carbocycles. The van der Waals surface area contributed by atoms with Gasteiger partial charge in [-0.1, -0.05) is 12.1 Å². The van der Waals surface area contributed by atoms with Crippen molar-refractivity contribution in [3.63, 3.8) is 0 Å². The van der Waals surface area contributed by atoms with E-state index in [9.17, 15) is 8.42 Å². The second-order valence-electron chi connectivity index (χ2n) is 6.17. The van der Waals surface area contributed by atoms with Crippen molar-refractivity contribution in [2.45, 2.75) is 43.8 Å². The molecule has 7 heteroatoms. The summed E-state index contributed by atoms with van der Waals surface area (Å²) < 4.78 is 23.0. The molecular weight excluding hydrogens is 358 g/mol. The third-order valence-corrected chi connectivity index (χ3v) is 6.07. The largest absolute Gasteiger partial charge is 0.483 e. The van der Waals surface area contributed by atoms with Gasteiger partial charge >= 0.3 is 0 Å². The van der Waals surface area contributed by atoms with Crippen molar-refractivity contribution in [2.24, 2.45) is 0 Å². The number of sulfone groups is 1. The molecule has 25 heavy (non-hydrogen) atoms. The van der Waals surface area contributed by atoms with E-state index in [4.69, 9.17) is 9.90 Å². The Bertz CT molecular complexity index is 793. The SMILES string of the molecule is Cc1ccc(CN(Cc2ccc(S(C)(=O)=O)cc2)C2CC2)s1.O=CO. The average molecular weight is 382 g/mol. The van der Waals surface area contributed by atoms with E-state index < -0.39 is 9.84 Å². The van der Waals surface area contributed by atoms with Gasteiger partial charge < -0.3 is 5.11 Å². The summed E-state index contributed by atoms with van der Waals surface area (Å²) in [7, 11) is -3.11. The third-order valence-electron chi connectivity index (χ3n) is 3.96. The van der Waals surface area contributed by atoms with Crippen LogP contribution >= 0.6 is 11.3 Å². The first-order valence-corrected chi connectivity index (χ1v) is 10.7. The van der Waals surface area contributed by atoms with Gasteiger partial charge in [-0.05, 0) is 49.6 Å². The van der Waals surface area contributed by atoms with Crippen molar-refractivity contribution < 1.29 is 18.3 Å². The molecule has 0 amide bonds. The minimum absolute atomic E-state index is 0.250. The molecule has 1 saturated carbocycles. The van der Waals surface area contributed by atoms with E-state index in [2.05, 4.69) is 24.0 Å². The summed E-state index contributed by atoms with van der Waals surface area (Å²) in [5.74, 6) is 0. The van der Waals surface area contributed by atoms with Crippen molar-refractivity contribution in [1.82, 2.24) is 4.90 Å². The lowest BCUT2D eigenvalue weighted by molar-refractivity contribution is -0.122. The van der Waals surface area contributed by atoms with Crippen molar-refractivity contribution in [2.75, 3.05) is 6.26 Å². The lowest BCUT2D eigenvalue weighted by atomic mass is 10.2. The monoisotopic (exact) mass is 381 g/mol. The summed E-state index contributed by atoms with van der Waals surface area (Å²) in [4.78, 5) is 14.0. The Hall–Kier alpha value is -1.70. The molecule has 1 N–H and O–H groups in total. The minimum Gasteiger partial charge on any atom is -0.483 e. The number of carboxylic acid groups (broad SMARTS) is 1. The summed E-state index contributed by atoms with van der Waals surface area (Å²) in [6.07, 6.45) is 3.79. The first kappa shape index (κ1) is 19.6. The van der Waals surface area contributed by atoms with Gasteiger partial charge in [-0.3, -0.25) is 9.69 Å². The van der Waals surface area contributed by atoms with E-state index >= 15 is 0 Å². The lowest BCUT2D eigenvalue weighted by Crippen LogP contribution is -2.24. The van der Waals surface area contributed by atoms with Gasteiger partial charge in [0.25, 0.3) is 6.47 Å². The van der Waals surface area contributed by atoms with Gasteiger partial charge in [-0.2, -0.15) is 0 Å². The number of rotatable bonds is 6. The Labute approximate surface area is 152 Å². The Morgan fingerprint density at radius 3 is 2.20 bits per heavy atom. The maximum absolute atomic E-state index is 11.5. The van der Waals surface area contributed by atoms with Crippen LogP contribution in [0.1, 0.15) is 28.2 Å². The number of hydrogen-bond donors (Lipinski definition) is 1. The molecule has 1 heterocycles. The van der Waals surface area contributed by atoms with Gasteiger partial charge in [0.05, 0.1) is 4.90 Å². The fraction of sp³-hybridized carbons (Fsp3) is 0.389. The Kier molecular flexibility index (Phi) is 6.75. The molecule has 0 unspecified atom stereocenters. The number of aryl methyl sites for hydroxylation is 1. The predicted molar refractivity (Wildman–Crippen MR) is 99.6 cm³/mol. The van der Waals surface area contributed by atoms with Crippen LogP contribution in [0, 0.1) is 6.92 Å². The number of nitrogens with zero attached hydrogens (tertiary/aromatic N) is 1. The van der Waals surface area contributed by atoms with Crippen LogP contribution in [0.2, 0.25) is 0 Å². The summed E-state index contributed by atoms with van der Waals surface area (Å²) in [6.45, 7) is 3.75. The molecule has 0 atom stereocenters. The van der Waals surface area contributed by atoms with Crippen LogP contribution in [-0.2, 0) is 27.7 Å². The Balaban J connectivity index is 0.000000701. The molecule has 2 aromatic rings. The van der Waals surface area contributed by atoms with Gasteiger partial charge in [0.2, 0.25) is 0 Å². The van der Waals surface area contributed by atoms with E-state index in [1.165, 1.54) is 34.4 Å². The second kappa shape index (κ2) is 8.60. The molecular formula is C18H23NO4S2. The standard InChI is InChI=1S/C17H21NO2S2.CH2O2/c1-13-3-8-16(21-13)12-18(15-6-7-15)11-14-4-9-17(10-5-14)22(2,19)20;2-1-3/h3-5,8-10,15H,6-7,11-12H2,1-2H3;1H,(H,2,3). The van der Waals surface area contributed by atoms with Crippen LogP contribution in [0.25, 0.3) is 0 Å². The van der Waals surface area contributed by atoms with Crippen molar-refractivity contribution in [3.8, 4) is 0 Å². The lowest BCUT2D eigenvalue weighted by Gasteiger charge is -2.21. The van der Waals surface area contributed by atoms with E-state index in [-0.39, 0.29) is 6.47 Å². The summed E-state index contributed by atoms with van der Waals surface area (Å²) in [5, 5.41) is 6.89. The molecule has 5 nitrogen and oxygen atoms in total. The van der Waals surface area contributed by atoms with Crippen LogP contribution in [-0.4, -0.2) is 37.2 Å². The molecule has 1 aliphatic carbocycles. The normalized spacial score (nSPS) is 14.0. The molecule has 1 fully saturated rings. The zero-order valence-corrected chi connectivity index (χ0v) is 16.0. The van der Waals surface area contributed by atoms with Crippen LogP contribution in [0.4, 0.5) is 0 Å². The molecule has 1 aliphatic rings. The highest BCUT2D eigenvalue weighted by Crippen LogP contribution is 2.31. The van der Waals surface area contributed by atoms with Gasteiger partial charge in [0.15, 0.2) is 9.84 Å². The molecule has 0 saturated heterocycles. The number of hydrogen-bond acceptors (Lipinski definition) is 5. The number of thiophene rings is 1. The van der Waals surface area contributed by atoms with E-state index in [0.29, 0.717) is 10.9 Å². The van der Waals surface area contributed by atoms with Gasteiger partial charge in [0.1, 0.15) is 0 Å². The van der Waals surface area contributed by atoms with Crippen LogP contribution < -0.4 is 0 Å². The van der Waals surface area contributed by atoms with Crippen molar-refractivity contribution in [1.29, 1.82) is 0 Å². The Morgan fingerprint density at radius 1 is 1.16 bits per heavy atom. The number of carbonyl (C=O) groups is 1. The highest BCUT2D eigenvalue weighted by molar-refractivity contribution is 7.90. The Morgan fingerprint density at radius 2 is 1.76 bits per heavy atom. The van der Waals surface area contributed by atoms with Crippen LogP contribution in [0.5, 0.6) is 0 Å². The van der Waals surface area contributed by atoms with Gasteiger partial charge in [0, 0.05) is 35.1 Å². The first-order chi connectivity index (χ1) is 11.8. The summed E-state index contributed by atoms with van der Waals surface area (Å²) in [6, 6.07) is 12.4. The molecule has 1 aromatic heterocycles. The minimum atomic E-state index is -3.11. The van der Waals surface area contributed by atoms with Gasteiger partial charge in [-0.15, -0.1) is 11.3 Å². The maximum atomic E-state index is 11.5. The second-order valence-corrected chi connectivity index (χ2v) is 9.56. The summed E-state index contributed by atoms with van der Waals surface area (Å²) in [5.41, 5.74) is 1.17. The summed E-state index contributed by atoms with van der Waals surface area (Å²) >= 11 is 1.86. The zero-order chi connectivity index (χ0) is 18.4. The predicted octanol–water partition coefficient (Wildman–Crippen LogP) is 3.33. The zero-order valence-electron chi connectivity index (χ0n) is 14.4. The molecule has 136 valence electrons. The van der Waals surface area contributed by atoms with Crippen molar-refractivity contribution >= 4 is 27.6 Å². The molecule has 3 rings (SSSR count). The van der Waals surface area contributed by atoms with Crippen LogP contribution in [0.3, 0.4) is 0 Å². The molecule has 0 aliphatic heterocycles. The highest BCUT2D eigenvalue weighted by Gasteiger charge is 2.29.